The Kier molecular flexibility index (Phi) is 6.82. The first-order valence-electron chi connectivity index (χ1n) is 12.4. The fraction of sp³-hybridized carbons (Fsp3) is 0.167. The Morgan fingerprint density at radius 3 is 2.37 bits per heavy atom. The number of carbonyl (C=O) groups excluding carboxylic acids is 1. The number of benzene rings is 4. The first kappa shape index (κ1) is 25.4. The number of aromatic nitrogens is 1. The van der Waals surface area contributed by atoms with Gasteiger partial charge in [-0.1, -0.05) is 42.0 Å². The number of aryl methyl sites for hydroxylation is 2. The molecule has 1 N–H and O–H groups in total. The summed E-state index contributed by atoms with van der Waals surface area (Å²) in [6, 6.07) is 27.2. The van der Waals surface area contributed by atoms with E-state index < -0.39 is 22.5 Å². The summed E-state index contributed by atoms with van der Waals surface area (Å²) < 4.78 is 36.0. The normalized spacial score (nSPS) is 11.6. The summed E-state index contributed by atoms with van der Waals surface area (Å²) >= 11 is 0. The number of amides is 1. The number of methoxy groups -OCH3 is 1. The molecule has 1 aromatic heterocycles. The molecule has 0 fully saturated rings. The average Bonchev–Trinajstić information content (AvgIpc) is 3.25. The molecule has 1 amide bonds. The maximum Gasteiger partial charge on any atom is 0.264 e. The minimum Gasteiger partial charge on any atom is -0.497 e. The van der Waals surface area contributed by atoms with Gasteiger partial charge in [-0.25, -0.2) is 8.42 Å². The molecule has 0 aliphatic heterocycles. The number of rotatable bonds is 8. The van der Waals surface area contributed by atoms with Crippen LogP contribution in [0.4, 0.5) is 11.4 Å². The van der Waals surface area contributed by atoms with Crippen LogP contribution < -0.4 is 14.4 Å². The number of ether oxygens (including phenoxy) is 1. The van der Waals surface area contributed by atoms with Gasteiger partial charge in [-0.15, -0.1) is 0 Å². The molecule has 4 aromatic carbocycles. The highest BCUT2D eigenvalue weighted by atomic mass is 32.2. The summed E-state index contributed by atoms with van der Waals surface area (Å²) in [6.07, 6.45) is 0. The van der Waals surface area contributed by atoms with E-state index in [1.165, 1.54) is 7.11 Å². The quantitative estimate of drug-likeness (QED) is 0.270. The Balaban J connectivity index is 1.49. The lowest BCUT2D eigenvalue weighted by atomic mass is 10.1. The molecule has 1 heterocycles. The lowest BCUT2D eigenvalue weighted by Gasteiger charge is -2.24. The smallest absolute Gasteiger partial charge is 0.264 e. The molecule has 0 aliphatic rings. The average molecular weight is 528 g/mol. The Labute approximate surface area is 222 Å². The van der Waals surface area contributed by atoms with E-state index in [2.05, 4.69) is 28.9 Å². The van der Waals surface area contributed by atoms with Crippen LogP contribution in [0.1, 0.15) is 12.5 Å². The number of hydrogen-bond acceptors (Lipinski definition) is 4. The third-order valence-corrected chi connectivity index (χ3v) is 8.40. The molecular weight excluding hydrogens is 498 g/mol. The first-order valence-corrected chi connectivity index (χ1v) is 13.8. The number of carbonyl (C=O) groups is 1. The highest BCUT2D eigenvalue weighted by Gasteiger charge is 2.27. The fourth-order valence-corrected chi connectivity index (χ4v) is 6.13. The third-order valence-electron chi connectivity index (χ3n) is 6.61. The minimum atomic E-state index is -4.03. The molecule has 5 rings (SSSR count). The van der Waals surface area contributed by atoms with Gasteiger partial charge in [-0.2, -0.15) is 0 Å². The lowest BCUT2D eigenvalue weighted by Crippen LogP contribution is -2.38. The maximum absolute atomic E-state index is 13.7. The molecule has 8 heteroatoms. The first-order chi connectivity index (χ1) is 18.3. The van der Waals surface area contributed by atoms with Crippen molar-refractivity contribution in [2.24, 2.45) is 0 Å². The number of nitrogens with zero attached hydrogens (tertiary/aromatic N) is 2. The van der Waals surface area contributed by atoms with Gasteiger partial charge in [0.25, 0.3) is 10.0 Å². The zero-order valence-corrected chi connectivity index (χ0v) is 22.3. The van der Waals surface area contributed by atoms with Crippen molar-refractivity contribution in [3.8, 4) is 5.75 Å². The van der Waals surface area contributed by atoms with Crippen LogP contribution in [0.5, 0.6) is 5.75 Å². The molecule has 7 nitrogen and oxygen atoms in total. The molecule has 38 heavy (non-hydrogen) atoms. The van der Waals surface area contributed by atoms with E-state index in [0.29, 0.717) is 17.1 Å². The van der Waals surface area contributed by atoms with E-state index in [1.807, 2.05) is 37.3 Å². The van der Waals surface area contributed by atoms with Gasteiger partial charge in [-0.3, -0.25) is 9.10 Å². The van der Waals surface area contributed by atoms with Crippen molar-refractivity contribution in [3.05, 3.63) is 96.6 Å². The van der Waals surface area contributed by atoms with Crippen LogP contribution in [0, 0.1) is 6.92 Å². The Bertz CT molecular complexity index is 1740. The molecule has 0 unspecified atom stereocenters. The second-order valence-corrected chi connectivity index (χ2v) is 10.9. The van der Waals surface area contributed by atoms with E-state index >= 15 is 0 Å². The number of para-hydroxylation sites is 1. The van der Waals surface area contributed by atoms with Gasteiger partial charge in [-0.05, 0) is 62.4 Å². The van der Waals surface area contributed by atoms with Gasteiger partial charge in [0.2, 0.25) is 5.91 Å². The standard InChI is InChI=1S/C30H29N3O4S/c1-4-32-28-11-6-5-10-26(28)27-18-22(14-17-29(27)32)31-30(34)20-33(23-8-7-9-24(19-23)37-3)38(35,36)25-15-12-21(2)13-16-25/h5-19H,4,20H2,1-3H3,(H,31,34). The van der Waals surface area contributed by atoms with Crippen molar-refractivity contribution in [1.29, 1.82) is 0 Å². The van der Waals surface area contributed by atoms with E-state index in [-0.39, 0.29) is 4.90 Å². The second-order valence-electron chi connectivity index (χ2n) is 9.07. The second kappa shape index (κ2) is 10.2. The highest BCUT2D eigenvalue weighted by molar-refractivity contribution is 7.92. The minimum absolute atomic E-state index is 0.104. The van der Waals surface area contributed by atoms with Crippen molar-refractivity contribution < 1.29 is 17.9 Å². The van der Waals surface area contributed by atoms with Crippen LogP contribution in [-0.4, -0.2) is 32.5 Å². The molecule has 0 radical (unpaired) electrons. The topological polar surface area (TPSA) is 80.6 Å². The highest BCUT2D eigenvalue weighted by Crippen LogP contribution is 2.31. The molecule has 0 spiro atoms. The largest absolute Gasteiger partial charge is 0.497 e. The molecular formula is C30H29N3O4S. The van der Waals surface area contributed by atoms with Gasteiger partial charge in [0.1, 0.15) is 12.3 Å². The molecule has 0 atom stereocenters. The van der Waals surface area contributed by atoms with E-state index in [1.54, 1.807) is 48.5 Å². The number of nitrogens with one attached hydrogen (secondary N) is 1. The van der Waals surface area contributed by atoms with Crippen molar-refractivity contribution >= 4 is 49.1 Å². The Morgan fingerprint density at radius 2 is 1.63 bits per heavy atom. The summed E-state index contributed by atoms with van der Waals surface area (Å²) in [5.74, 6) is 0.0341. The van der Waals surface area contributed by atoms with Crippen LogP contribution in [0.15, 0.2) is 95.9 Å². The predicted molar refractivity (Wildman–Crippen MR) is 152 cm³/mol. The molecule has 5 aromatic rings. The van der Waals surface area contributed by atoms with Gasteiger partial charge in [0, 0.05) is 40.1 Å². The van der Waals surface area contributed by atoms with Crippen molar-refractivity contribution in [1.82, 2.24) is 4.57 Å². The van der Waals surface area contributed by atoms with E-state index in [0.717, 1.165) is 38.2 Å². The van der Waals surface area contributed by atoms with Crippen molar-refractivity contribution in [3.63, 3.8) is 0 Å². The molecule has 0 bridgehead atoms. The molecule has 0 saturated heterocycles. The Hall–Kier alpha value is -4.30. The summed E-state index contributed by atoms with van der Waals surface area (Å²) in [5.41, 5.74) is 4.07. The molecule has 0 saturated carbocycles. The maximum atomic E-state index is 13.7. The number of fused-ring (bicyclic) bond motifs is 3. The number of hydrogen-bond donors (Lipinski definition) is 1. The van der Waals surface area contributed by atoms with Crippen LogP contribution >= 0.6 is 0 Å². The van der Waals surface area contributed by atoms with Crippen molar-refractivity contribution in [2.45, 2.75) is 25.3 Å². The van der Waals surface area contributed by atoms with Crippen LogP contribution in [0.25, 0.3) is 21.8 Å². The van der Waals surface area contributed by atoms with Crippen LogP contribution in [0.3, 0.4) is 0 Å². The summed E-state index contributed by atoms with van der Waals surface area (Å²) in [5, 5.41) is 5.02. The predicted octanol–water partition coefficient (Wildman–Crippen LogP) is 5.97. The van der Waals surface area contributed by atoms with E-state index in [9.17, 15) is 13.2 Å². The summed E-state index contributed by atoms with van der Waals surface area (Å²) in [7, 11) is -2.52. The molecule has 194 valence electrons. The Morgan fingerprint density at radius 1 is 0.895 bits per heavy atom. The third kappa shape index (κ3) is 4.70. The van der Waals surface area contributed by atoms with Gasteiger partial charge < -0.3 is 14.6 Å². The van der Waals surface area contributed by atoms with E-state index in [4.69, 9.17) is 4.74 Å². The molecule has 0 aliphatic carbocycles. The monoisotopic (exact) mass is 527 g/mol. The van der Waals surface area contributed by atoms with Crippen LogP contribution in [0.2, 0.25) is 0 Å². The SMILES string of the molecule is CCn1c2ccccc2c2cc(NC(=O)CN(c3cccc(OC)c3)S(=O)(=O)c3ccc(C)cc3)ccc21. The lowest BCUT2D eigenvalue weighted by molar-refractivity contribution is -0.114. The zero-order chi connectivity index (χ0) is 26.9. The van der Waals surface area contributed by atoms with Crippen LogP contribution in [-0.2, 0) is 21.4 Å². The van der Waals surface area contributed by atoms with Gasteiger partial charge in [0.05, 0.1) is 17.7 Å². The van der Waals surface area contributed by atoms with Crippen molar-refractivity contribution in [2.75, 3.05) is 23.3 Å². The number of sulfonamides is 1. The fourth-order valence-electron chi connectivity index (χ4n) is 4.72. The van der Waals surface area contributed by atoms with Gasteiger partial charge >= 0.3 is 0 Å². The zero-order valence-electron chi connectivity index (χ0n) is 21.5. The summed E-state index contributed by atoms with van der Waals surface area (Å²) in [6.45, 7) is 4.40. The number of anilines is 2. The van der Waals surface area contributed by atoms with Gasteiger partial charge in [0.15, 0.2) is 0 Å². The summed E-state index contributed by atoms with van der Waals surface area (Å²) in [4.78, 5) is 13.4.